The molecule has 1 heteroatoms. The van der Waals surface area contributed by atoms with Crippen molar-refractivity contribution in [1.29, 1.82) is 0 Å². The zero-order valence-electron chi connectivity index (χ0n) is 6.81. The predicted molar refractivity (Wildman–Crippen MR) is 39.5 cm³/mol. The van der Waals surface area contributed by atoms with E-state index < -0.39 is 0 Å². The number of rotatable bonds is 3. The predicted octanol–water partition coefficient (Wildman–Crippen LogP) is 2.59. The molecule has 0 amide bonds. The van der Waals surface area contributed by atoms with Gasteiger partial charge in [-0.3, -0.25) is 0 Å². The summed E-state index contributed by atoms with van der Waals surface area (Å²) in [6.07, 6.45) is 1.67. The van der Waals surface area contributed by atoms with Gasteiger partial charge in [0.2, 0.25) is 0 Å². The van der Waals surface area contributed by atoms with Crippen molar-refractivity contribution >= 4 is 0 Å². The maximum absolute atomic E-state index is 9.31. The van der Waals surface area contributed by atoms with Gasteiger partial charge >= 0.3 is 0 Å². The molecule has 1 N–H and O–H groups in total. The zero-order chi connectivity index (χ0) is 7.44. The lowest BCUT2D eigenvalue weighted by Crippen LogP contribution is -2.13. The van der Waals surface area contributed by atoms with Crippen LogP contribution in [0.4, 0.5) is 0 Å². The van der Waals surface area contributed by atoms with Crippen LogP contribution in [-0.2, 0) is 0 Å². The van der Waals surface area contributed by atoms with Crippen LogP contribution in [0.5, 0.6) is 0 Å². The molecule has 0 aromatic rings. The van der Waals surface area contributed by atoms with Crippen LogP contribution in [0.25, 0.3) is 0 Å². The molecule has 0 spiro atoms. The largest absolute Gasteiger partial charge is 0.386 e. The summed E-state index contributed by atoms with van der Waals surface area (Å²) < 4.78 is 0. The van der Waals surface area contributed by atoms with Crippen molar-refractivity contribution in [2.45, 2.75) is 34.1 Å². The second kappa shape index (κ2) is 3.89. The molecule has 9 heavy (non-hydrogen) atoms. The standard InChI is InChI=1S/C8H17O/c1-5-7(4)8(9)6(2)3/h6-7,9H,5H2,1-4H3. The molecule has 0 saturated carbocycles. The summed E-state index contributed by atoms with van der Waals surface area (Å²) in [5.41, 5.74) is 0. The second-order valence-corrected chi connectivity index (χ2v) is 2.89. The fourth-order valence-electron chi connectivity index (χ4n) is 0.778. The molecule has 0 aliphatic heterocycles. The lowest BCUT2D eigenvalue weighted by Gasteiger charge is -2.18. The van der Waals surface area contributed by atoms with Gasteiger partial charge in [0, 0.05) is 0 Å². The highest BCUT2D eigenvalue weighted by Crippen LogP contribution is 2.21. The van der Waals surface area contributed by atoms with E-state index in [2.05, 4.69) is 13.8 Å². The van der Waals surface area contributed by atoms with Crippen LogP contribution in [0.2, 0.25) is 0 Å². The Hall–Kier alpha value is -0.0400. The molecule has 0 rings (SSSR count). The first-order valence-electron chi connectivity index (χ1n) is 3.65. The van der Waals surface area contributed by atoms with Crippen molar-refractivity contribution in [1.82, 2.24) is 0 Å². The highest BCUT2D eigenvalue weighted by molar-refractivity contribution is 4.84. The SMILES string of the molecule is CCC(C)[C](O)C(C)C. The summed E-state index contributed by atoms with van der Waals surface area (Å²) in [6.45, 7) is 8.17. The van der Waals surface area contributed by atoms with E-state index in [1.807, 2.05) is 13.8 Å². The van der Waals surface area contributed by atoms with Gasteiger partial charge in [0.1, 0.15) is 0 Å². The Bertz CT molecular complexity index is 69.0. The molecule has 1 nitrogen and oxygen atoms in total. The first-order chi connectivity index (χ1) is 4.09. The fourth-order valence-corrected chi connectivity index (χ4v) is 0.778. The topological polar surface area (TPSA) is 20.2 Å². The van der Waals surface area contributed by atoms with E-state index in [-0.39, 0.29) is 0 Å². The number of aliphatic hydroxyl groups is 1. The number of hydrogen-bond acceptors (Lipinski definition) is 1. The van der Waals surface area contributed by atoms with Crippen molar-refractivity contribution in [3.63, 3.8) is 0 Å². The van der Waals surface area contributed by atoms with Crippen molar-refractivity contribution in [3.05, 3.63) is 6.10 Å². The summed E-state index contributed by atoms with van der Waals surface area (Å²) in [5.74, 6) is 0.685. The third-order valence-corrected chi connectivity index (χ3v) is 1.71. The van der Waals surface area contributed by atoms with E-state index in [0.717, 1.165) is 6.42 Å². The van der Waals surface area contributed by atoms with E-state index in [4.69, 9.17) is 0 Å². The van der Waals surface area contributed by atoms with Crippen molar-refractivity contribution in [2.75, 3.05) is 0 Å². The molecule has 1 radical (unpaired) electrons. The third-order valence-electron chi connectivity index (χ3n) is 1.71. The Labute approximate surface area is 58.1 Å². The van der Waals surface area contributed by atoms with Crippen molar-refractivity contribution < 1.29 is 5.11 Å². The smallest absolute Gasteiger partial charge is 0.0986 e. The monoisotopic (exact) mass is 129 g/mol. The third kappa shape index (κ3) is 2.85. The van der Waals surface area contributed by atoms with Gasteiger partial charge < -0.3 is 5.11 Å². The molecular weight excluding hydrogens is 112 g/mol. The van der Waals surface area contributed by atoms with Gasteiger partial charge in [0.05, 0.1) is 6.10 Å². The normalized spacial score (nSPS) is 15.0. The van der Waals surface area contributed by atoms with Gasteiger partial charge in [0.15, 0.2) is 0 Å². The Balaban J connectivity index is 3.58. The van der Waals surface area contributed by atoms with Gasteiger partial charge in [-0.25, -0.2) is 0 Å². The summed E-state index contributed by atoms with van der Waals surface area (Å²) in [4.78, 5) is 0. The number of hydrogen-bond donors (Lipinski definition) is 1. The van der Waals surface area contributed by atoms with E-state index in [1.165, 1.54) is 0 Å². The molecule has 0 fully saturated rings. The van der Waals surface area contributed by atoms with Gasteiger partial charge in [0.25, 0.3) is 0 Å². The van der Waals surface area contributed by atoms with Gasteiger partial charge in [-0.15, -0.1) is 0 Å². The minimum Gasteiger partial charge on any atom is -0.386 e. The quantitative estimate of drug-likeness (QED) is 0.621. The molecule has 0 saturated heterocycles. The molecule has 0 aromatic carbocycles. The summed E-state index contributed by atoms with van der Waals surface area (Å²) in [6, 6.07) is 0. The Morgan fingerprint density at radius 2 is 1.78 bits per heavy atom. The van der Waals surface area contributed by atoms with Crippen LogP contribution >= 0.6 is 0 Å². The highest BCUT2D eigenvalue weighted by Gasteiger charge is 2.16. The average Bonchev–Trinajstić information content (AvgIpc) is 1.84. The van der Waals surface area contributed by atoms with Crippen LogP contribution in [0.3, 0.4) is 0 Å². The van der Waals surface area contributed by atoms with E-state index in [1.54, 1.807) is 0 Å². The van der Waals surface area contributed by atoms with Crippen LogP contribution < -0.4 is 0 Å². The minimum absolute atomic E-state index is 0.319. The lowest BCUT2D eigenvalue weighted by molar-refractivity contribution is 0.184. The molecule has 0 aliphatic carbocycles. The van der Waals surface area contributed by atoms with Gasteiger partial charge in [-0.1, -0.05) is 34.1 Å². The summed E-state index contributed by atoms with van der Waals surface area (Å²) in [5, 5.41) is 9.31. The maximum atomic E-state index is 9.31. The average molecular weight is 129 g/mol. The molecular formula is C8H17O. The Morgan fingerprint density at radius 3 is 1.89 bits per heavy atom. The first-order valence-corrected chi connectivity index (χ1v) is 3.65. The van der Waals surface area contributed by atoms with Crippen LogP contribution in [0.1, 0.15) is 34.1 Å². The summed E-state index contributed by atoms with van der Waals surface area (Å²) >= 11 is 0. The maximum Gasteiger partial charge on any atom is 0.0986 e. The molecule has 1 unspecified atom stereocenters. The van der Waals surface area contributed by atoms with E-state index in [9.17, 15) is 5.11 Å². The fraction of sp³-hybridized carbons (Fsp3) is 0.875. The van der Waals surface area contributed by atoms with Crippen molar-refractivity contribution in [2.24, 2.45) is 11.8 Å². The highest BCUT2D eigenvalue weighted by atomic mass is 16.3. The van der Waals surface area contributed by atoms with Crippen molar-refractivity contribution in [3.8, 4) is 0 Å². The van der Waals surface area contributed by atoms with Crippen LogP contribution in [0, 0.1) is 17.9 Å². The Morgan fingerprint density at radius 1 is 1.33 bits per heavy atom. The molecule has 0 aromatic heterocycles. The van der Waals surface area contributed by atoms with E-state index in [0.29, 0.717) is 17.9 Å². The lowest BCUT2D eigenvalue weighted by atomic mass is 9.93. The van der Waals surface area contributed by atoms with Crippen LogP contribution in [0.15, 0.2) is 0 Å². The van der Waals surface area contributed by atoms with Gasteiger partial charge in [-0.05, 0) is 11.8 Å². The zero-order valence-corrected chi connectivity index (χ0v) is 6.81. The van der Waals surface area contributed by atoms with E-state index >= 15 is 0 Å². The van der Waals surface area contributed by atoms with Crippen LogP contribution in [-0.4, -0.2) is 5.11 Å². The Kier molecular flexibility index (Phi) is 3.87. The molecule has 1 atom stereocenters. The van der Waals surface area contributed by atoms with Gasteiger partial charge in [-0.2, -0.15) is 0 Å². The summed E-state index contributed by atoms with van der Waals surface area (Å²) in [7, 11) is 0. The minimum atomic E-state index is 0.319. The molecule has 0 aliphatic rings. The number of aliphatic hydroxyl groups excluding tert-OH is 1. The molecule has 55 valence electrons. The molecule has 0 bridgehead atoms. The molecule has 0 heterocycles. The second-order valence-electron chi connectivity index (χ2n) is 2.89. The first kappa shape index (κ1) is 8.96.